The molecule has 1 rings (SSSR count). The van der Waals surface area contributed by atoms with Crippen molar-refractivity contribution in [1.82, 2.24) is 4.98 Å². The van der Waals surface area contributed by atoms with E-state index in [0.717, 1.165) is 36.0 Å². The van der Waals surface area contributed by atoms with E-state index in [4.69, 9.17) is 10.5 Å². The van der Waals surface area contributed by atoms with Crippen molar-refractivity contribution in [2.45, 2.75) is 24.7 Å². The molecule has 0 spiro atoms. The number of nitrogens with zero attached hydrogens (tertiary/aromatic N) is 1. The molecule has 0 aliphatic rings. The highest BCUT2D eigenvalue weighted by molar-refractivity contribution is 7.99. The molecule has 0 fully saturated rings. The molecule has 1 heterocycles. The van der Waals surface area contributed by atoms with Crippen molar-refractivity contribution in [2.24, 2.45) is 0 Å². The summed E-state index contributed by atoms with van der Waals surface area (Å²) in [6, 6.07) is 1.94. The molecule has 0 unspecified atom stereocenters. The van der Waals surface area contributed by atoms with Gasteiger partial charge in [0.05, 0.1) is 18.5 Å². The van der Waals surface area contributed by atoms with Crippen LogP contribution in [0.25, 0.3) is 0 Å². The lowest BCUT2D eigenvalue weighted by atomic mass is 10.4. The van der Waals surface area contributed by atoms with Crippen LogP contribution in [0.5, 0.6) is 0 Å². The first kappa shape index (κ1) is 12.3. The molecule has 0 bridgehead atoms. The van der Waals surface area contributed by atoms with Crippen LogP contribution in [0.15, 0.2) is 23.4 Å². The molecule has 84 valence electrons. The third-order valence-corrected chi connectivity index (χ3v) is 2.99. The molecule has 0 aromatic carbocycles. The Balaban J connectivity index is 2.12. The Morgan fingerprint density at radius 1 is 1.47 bits per heavy atom. The lowest BCUT2D eigenvalue weighted by molar-refractivity contribution is 0.147. The Kier molecular flexibility index (Phi) is 6.20. The fourth-order valence-electron chi connectivity index (χ4n) is 1.08. The average Bonchev–Trinajstić information content (AvgIpc) is 2.25. The summed E-state index contributed by atoms with van der Waals surface area (Å²) in [6.45, 7) is 3.81. The van der Waals surface area contributed by atoms with Gasteiger partial charge in [0.2, 0.25) is 0 Å². The number of pyridine rings is 1. The first-order chi connectivity index (χ1) is 7.34. The summed E-state index contributed by atoms with van der Waals surface area (Å²) >= 11 is 1.72. The highest BCUT2D eigenvalue weighted by Gasteiger charge is 1.98. The second-order valence-corrected chi connectivity index (χ2v) is 4.36. The molecule has 3 nitrogen and oxygen atoms in total. The van der Waals surface area contributed by atoms with Crippen molar-refractivity contribution in [2.75, 3.05) is 24.7 Å². The van der Waals surface area contributed by atoms with Crippen molar-refractivity contribution in [3.8, 4) is 0 Å². The SMILES string of the molecule is CCCCOCCSc1ccncc1N. The van der Waals surface area contributed by atoms with Crippen LogP contribution in [-0.4, -0.2) is 24.0 Å². The lowest BCUT2D eigenvalue weighted by Crippen LogP contribution is -1.99. The fraction of sp³-hybridized carbons (Fsp3) is 0.545. The molecule has 15 heavy (non-hydrogen) atoms. The van der Waals surface area contributed by atoms with Gasteiger partial charge in [-0.25, -0.2) is 0 Å². The van der Waals surface area contributed by atoms with Crippen LogP contribution in [0.2, 0.25) is 0 Å². The first-order valence-electron chi connectivity index (χ1n) is 5.24. The van der Waals surface area contributed by atoms with E-state index in [9.17, 15) is 0 Å². The molecule has 0 saturated heterocycles. The van der Waals surface area contributed by atoms with Crippen molar-refractivity contribution in [3.05, 3.63) is 18.5 Å². The largest absolute Gasteiger partial charge is 0.397 e. The minimum atomic E-state index is 0.746. The molecule has 0 radical (unpaired) electrons. The maximum Gasteiger partial charge on any atom is 0.0638 e. The minimum absolute atomic E-state index is 0.746. The minimum Gasteiger partial charge on any atom is -0.397 e. The number of rotatable bonds is 7. The molecular weight excluding hydrogens is 208 g/mol. The number of hydrogen-bond acceptors (Lipinski definition) is 4. The summed E-state index contributed by atoms with van der Waals surface area (Å²) in [5, 5.41) is 0. The van der Waals surface area contributed by atoms with Gasteiger partial charge in [-0.05, 0) is 12.5 Å². The lowest BCUT2D eigenvalue weighted by Gasteiger charge is -2.05. The number of thioether (sulfide) groups is 1. The van der Waals surface area contributed by atoms with E-state index in [2.05, 4.69) is 11.9 Å². The van der Waals surface area contributed by atoms with E-state index in [1.807, 2.05) is 6.07 Å². The van der Waals surface area contributed by atoms with Gasteiger partial charge in [-0.15, -0.1) is 11.8 Å². The smallest absolute Gasteiger partial charge is 0.0638 e. The van der Waals surface area contributed by atoms with E-state index in [1.54, 1.807) is 24.2 Å². The van der Waals surface area contributed by atoms with Crippen molar-refractivity contribution in [1.29, 1.82) is 0 Å². The van der Waals surface area contributed by atoms with Gasteiger partial charge in [-0.1, -0.05) is 13.3 Å². The van der Waals surface area contributed by atoms with Crippen LogP contribution in [-0.2, 0) is 4.74 Å². The molecule has 0 amide bonds. The van der Waals surface area contributed by atoms with Crippen LogP contribution in [0.4, 0.5) is 5.69 Å². The average molecular weight is 226 g/mol. The Morgan fingerprint density at radius 3 is 3.07 bits per heavy atom. The summed E-state index contributed by atoms with van der Waals surface area (Å²) in [4.78, 5) is 5.03. The van der Waals surface area contributed by atoms with Crippen LogP contribution in [0.1, 0.15) is 19.8 Å². The topological polar surface area (TPSA) is 48.1 Å². The summed E-state index contributed by atoms with van der Waals surface area (Å²) in [7, 11) is 0. The van der Waals surface area contributed by atoms with Crippen LogP contribution >= 0.6 is 11.8 Å². The zero-order valence-corrected chi connectivity index (χ0v) is 9.93. The number of nitrogens with two attached hydrogens (primary N) is 1. The monoisotopic (exact) mass is 226 g/mol. The van der Waals surface area contributed by atoms with Gasteiger partial charge >= 0.3 is 0 Å². The number of unbranched alkanes of at least 4 members (excludes halogenated alkanes) is 1. The summed E-state index contributed by atoms with van der Waals surface area (Å²) in [5.41, 5.74) is 6.51. The summed E-state index contributed by atoms with van der Waals surface area (Å²) in [5.74, 6) is 0.942. The van der Waals surface area contributed by atoms with Crippen molar-refractivity contribution >= 4 is 17.4 Å². The second-order valence-electron chi connectivity index (χ2n) is 3.23. The second kappa shape index (κ2) is 7.54. The quantitative estimate of drug-likeness (QED) is 0.573. The zero-order chi connectivity index (χ0) is 10.9. The van der Waals surface area contributed by atoms with Gasteiger partial charge in [-0.2, -0.15) is 0 Å². The molecule has 4 heteroatoms. The van der Waals surface area contributed by atoms with Crippen LogP contribution in [0, 0.1) is 0 Å². The first-order valence-corrected chi connectivity index (χ1v) is 6.23. The zero-order valence-electron chi connectivity index (χ0n) is 9.11. The molecular formula is C11H18N2OS. The molecule has 0 aliphatic carbocycles. The van der Waals surface area contributed by atoms with E-state index in [0.29, 0.717) is 0 Å². The number of aromatic nitrogens is 1. The van der Waals surface area contributed by atoms with E-state index in [-0.39, 0.29) is 0 Å². The predicted octanol–water partition coefficient (Wildman–Crippen LogP) is 2.57. The van der Waals surface area contributed by atoms with E-state index >= 15 is 0 Å². The summed E-state index contributed by atoms with van der Waals surface area (Å²) < 4.78 is 5.46. The van der Waals surface area contributed by atoms with Crippen molar-refractivity contribution in [3.63, 3.8) is 0 Å². The van der Waals surface area contributed by atoms with Crippen molar-refractivity contribution < 1.29 is 4.74 Å². The molecule has 0 atom stereocenters. The van der Waals surface area contributed by atoms with Gasteiger partial charge < -0.3 is 10.5 Å². The maximum atomic E-state index is 5.76. The third kappa shape index (κ3) is 5.04. The molecule has 0 saturated carbocycles. The van der Waals surface area contributed by atoms with Gasteiger partial charge in [-0.3, -0.25) is 4.98 Å². The van der Waals surface area contributed by atoms with E-state index < -0.39 is 0 Å². The number of hydrogen-bond donors (Lipinski definition) is 1. The molecule has 1 aromatic heterocycles. The van der Waals surface area contributed by atoms with Crippen LogP contribution < -0.4 is 5.73 Å². The van der Waals surface area contributed by atoms with Gasteiger partial charge in [0.25, 0.3) is 0 Å². The molecule has 2 N–H and O–H groups in total. The standard InChI is InChI=1S/C11H18N2OS/c1-2-3-6-14-7-8-15-11-4-5-13-9-10(11)12/h4-5,9H,2-3,6-8,12H2,1H3. The number of anilines is 1. The van der Waals surface area contributed by atoms with E-state index in [1.165, 1.54) is 6.42 Å². The Hall–Kier alpha value is -0.740. The van der Waals surface area contributed by atoms with Gasteiger partial charge in [0.15, 0.2) is 0 Å². The molecule has 1 aromatic rings. The summed E-state index contributed by atoms with van der Waals surface area (Å²) in [6.07, 6.45) is 5.77. The number of nitrogen functional groups attached to an aromatic ring is 1. The Bertz CT molecular complexity index is 281. The third-order valence-electron chi connectivity index (χ3n) is 1.94. The highest BCUT2D eigenvalue weighted by atomic mass is 32.2. The highest BCUT2D eigenvalue weighted by Crippen LogP contribution is 2.22. The predicted molar refractivity (Wildman–Crippen MR) is 65.1 cm³/mol. The number of ether oxygens (including phenoxy) is 1. The van der Waals surface area contributed by atoms with Gasteiger partial charge in [0.1, 0.15) is 0 Å². The Labute approximate surface area is 95.4 Å². The normalized spacial score (nSPS) is 10.5. The Morgan fingerprint density at radius 2 is 2.33 bits per heavy atom. The maximum absolute atomic E-state index is 5.76. The van der Waals surface area contributed by atoms with Crippen LogP contribution in [0.3, 0.4) is 0 Å². The van der Waals surface area contributed by atoms with Gasteiger partial charge in [0, 0.05) is 23.5 Å². The fourth-order valence-corrected chi connectivity index (χ4v) is 1.88. The molecule has 0 aliphatic heterocycles.